The molecule has 4 heteroatoms. The van der Waals surface area contributed by atoms with Crippen molar-refractivity contribution in [3.8, 4) is 0 Å². The van der Waals surface area contributed by atoms with Crippen LogP contribution in [0, 0.1) is 5.95 Å². The highest BCUT2D eigenvalue weighted by Crippen LogP contribution is 2.44. The van der Waals surface area contributed by atoms with Gasteiger partial charge in [0.2, 0.25) is 5.95 Å². The van der Waals surface area contributed by atoms with Gasteiger partial charge >= 0.3 is 5.97 Å². The molecule has 1 aliphatic rings. The highest BCUT2D eigenvalue weighted by molar-refractivity contribution is 5.82. The minimum Gasteiger partial charge on any atom is -0.481 e. The van der Waals surface area contributed by atoms with Gasteiger partial charge in [-0.3, -0.25) is 4.79 Å². The van der Waals surface area contributed by atoms with E-state index >= 15 is 0 Å². The molecule has 3 nitrogen and oxygen atoms in total. The molecule has 1 aliphatic carbocycles. The lowest BCUT2D eigenvalue weighted by Crippen LogP contribution is -2.43. The summed E-state index contributed by atoms with van der Waals surface area (Å²) in [7, 11) is 0. The third kappa shape index (κ3) is 1.10. The first kappa shape index (κ1) is 9.12. The van der Waals surface area contributed by atoms with Gasteiger partial charge in [0.1, 0.15) is 0 Å². The molecule has 0 amide bonds. The van der Waals surface area contributed by atoms with Crippen LogP contribution in [-0.2, 0) is 10.2 Å². The van der Waals surface area contributed by atoms with E-state index in [4.69, 9.17) is 5.11 Å². The summed E-state index contributed by atoms with van der Waals surface area (Å²) in [4.78, 5) is 14.5. The molecule has 0 atom stereocenters. The predicted octanol–water partition coefficient (Wildman–Crippen LogP) is 1.73. The maximum absolute atomic E-state index is 13.3. The van der Waals surface area contributed by atoms with Gasteiger partial charge < -0.3 is 5.11 Å². The average molecular weight is 195 g/mol. The molecule has 1 heterocycles. The van der Waals surface area contributed by atoms with E-state index in [0.717, 1.165) is 6.42 Å². The SMILES string of the molecule is O=C(O)C1(c2cccnc2F)CCC1. The zero-order chi connectivity index (χ0) is 10.2. The van der Waals surface area contributed by atoms with Crippen LogP contribution in [0.15, 0.2) is 18.3 Å². The van der Waals surface area contributed by atoms with Crippen molar-refractivity contribution < 1.29 is 14.3 Å². The van der Waals surface area contributed by atoms with Gasteiger partial charge in [-0.05, 0) is 18.9 Å². The number of carboxylic acid groups (broad SMARTS) is 1. The second kappa shape index (κ2) is 3.04. The number of aromatic nitrogens is 1. The molecule has 0 saturated heterocycles. The lowest BCUT2D eigenvalue weighted by Gasteiger charge is -2.37. The molecule has 0 spiro atoms. The number of carbonyl (C=O) groups is 1. The normalized spacial score (nSPS) is 18.6. The molecule has 1 N–H and O–H groups in total. The molecule has 0 aromatic carbocycles. The molecule has 74 valence electrons. The van der Waals surface area contributed by atoms with Crippen LogP contribution in [0.3, 0.4) is 0 Å². The van der Waals surface area contributed by atoms with E-state index in [-0.39, 0.29) is 5.56 Å². The predicted molar refractivity (Wildman–Crippen MR) is 47.4 cm³/mol. The van der Waals surface area contributed by atoms with Gasteiger partial charge in [0, 0.05) is 11.8 Å². The molecule has 0 unspecified atom stereocenters. The fourth-order valence-corrected chi connectivity index (χ4v) is 1.87. The molecule has 0 radical (unpaired) electrons. The van der Waals surface area contributed by atoms with Crippen LogP contribution >= 0.6 is 0 Å². The zero-order valence-corrected chi connectivity index (χ0v) is 7.53. The zero-order valence-electron chi connectivity index (χ0n) is 7.53. The van der Waals surface area contributed by atoms with Crippen LogP contribution in [0.5, 0.6) is 0 Å². The Balaban J connectivity index is 2.47. The summed E-state index contributed by atoms with van der Waals surface area (Å²) >= 11 is 0. The van der Waals surface area contributed by atoms with Crippen molar-refractivity contribution in [3.05, 3.63) is 29.8 Å². The van der Waals surface area contributed by atoms with Gasteiger partial charge in [0.05, 0.1) is 5.41 Å². The Labute approximate surface area is 80.6 Å². The fraction of sp³-hybridized carbons (Fsp3) is 0.400. The summed E-state index contributed by atoms with van der Waals surface area (Å²) in [6, 6.07) is 3.08. The lowest BCUT2D eigenvalue weighted by atomic mass is 9.65. The molecular formula is C10H10FNO2. The second-order valence-electron chi connectivity index (χ2n) is 3.58. The van der Waals surface area contributed by atoms with Crippen LogP contribution < -0.4 is 0 Å². The molecule has 14 heavy (non-hydrogen) atoms. The summed E-state index contributed by atoms with van der Waals surface area (Å²) in [5, 5.41) is 9.07. The molecule has 2 rings (SSSR count). The summed E-state index contributed by atoms with van der Waals surface area (Å²) in [6.45, 7) is 0. The summed E-state index contributed by atoms with van der Waals surface area (Å²) in [5.74, 6) is -1.61. The number of hydrogen-bond donors (Lipinski definition) is 1. The molecule has 0 bridgehead atoms. The van der Waals surface area contributed by atoms with E-state index in [2.05, 4.69) is 4.98 Å². The van der Waals surface area contributed by atoms with Crippen LogP contribution in [0.25, 0.3) is 0 Å². The third-order valence-electron chi connectivity index (χ3n) is 2.89. The Morgan fingerprint density at radius 3 is 2.71 bits per heavy atom. The number of nitrogens with zero attached hydrogens (tertiary/aromatic N) is 1. The number of rotatable bonds is 2. The standard InChI is InChI=1S/C10H10FNO2/c11-8-7(3-1-6-12-8)10(9(13)14)4-2-5-10/h1,3,6H,2,4-5H2,(H,13,14). The van der Waals surface area contributed by atoms with E-state index < -0.39 is 17.3 Å². The molecule has 1 aromatic rings. The van der Waals surface area contributed by atoms with Crippen LogP contribution in [-0.4, -0.2) is 16.1 Å². The quantitative estimate of drug-likeness (QED) is 0.731. The molecular weight excluding hydrogens is 185 g/mol. The molecule has 1 aromatic heterocycles. The van der Waals surface area contributed by atoms with Crippen LogP contribution in [0.4, 0.5) is 4.39 Å². The smallest absolute Gasteiger partial charge is 0.314 e. The second-order valence-corrected chi connectivity index (χ2v) is 3.58. The summed E-state index contributed by atoms with van der Waals surface area (Å²) < 4.78 is 13.3. The van der Waals surface area contributed by atoms with Crippen molar-refractivity contribution in [1.29, 1.82) is 0 Å². The fourth-order valence-electron chi connectivity index (χ4n) is 1.87. The van der Waals surface area contributed by atoms with E-state index in [1.165, 1.54) is 12.3 Å². The topological polar surface area (TPSA) is 50.2 Å². The van der Waals surface area contributed by atoms with Crippen molar-refractivity contribution in [2.75, 3.05) is 0 Å². The van der Waals surface area contributed by atoms with Gasteiger partial charge in [0.15, 0.2) is 0 Å². The van der Waals surface area contributed by atoms with Gasteiger partial charge in [-0.1, -0.05) is 12.5 Å². The Kier molecular flexibility index (Phi) is 1.98. The first-order valence-corrected chi connectivity index (χ1v) is 4.51. The van der Waals surface area contributed by atoms with Gasteiger partial charge in [-0.2, -0.15) is 4.39 Å². The van der Waals surface area contributed by atoms with Crippen molar-refractivity contribution >= 4 is 5.97 Å². The monoisotopic (exact) mass is 195 g/mol. The van der Waals surface area contributed by atoms with E-state index in [9.17, 15) is 9.18 Å². The molecule has 1 fully saturated rings. The highest BCUT2D eigenvalue weighted by Gasteiger charge is 2.47. The lowest BCUT2D eigenvalue weighted by molar-refractivity contribution is -0.147. The Hall–Kier alpha value is -1.45. The first-order valence-electron chi connectivity index (χ1n) is 4.51. The van der Waals surface area contributed by atoms with Crippen molar-refractivity contribution in [2.24, 2.45) is 0 Å². The number of halogens is 1. The molecule has 1 saturated carbocycles. The first-order chi connectivity index (χ1) is 6.67. The van der Waals surface area contributed by atoms with Crippen molar-refractivity contribution in [1.82, 2.24) is 4.98 Å². The van der Waals surface area contributed by atoms with Crippen molar-refractivity contribution in [3.63, 3.8) is 0 Å². The van der Waals surface area contributed by atoms with Gasteiger partial charge in [0.25, 0.3) is 0 Å². The van der Waals surface area contributed by atoms with Crippen LogP contribution in [0.1, 0.15) is 24.8 Å². The van der Waals surface area contributed by atoms with Crippen molar-refractivity contribution in [2.45, 2.75) is 24.7 Å². The van der Waals surface area contributed by atoms with E-state index in [1.807, 2.05) is 0 Å². The number of pyridine rings is 1. The maximum Gasteiger partial charge on any atom is 0.314 e. The number of aliphatic carboxylic acids is 1. The Bertz CT molecular complexity index is 374. The van der Waals surface area contributed by atoms with Crippen LogP contribution in [0.2, 0.25) is 0 Å². The van der Waals surface area contributed by atoms with E-state index in [1.54, 1.807) is 6.07 Å². The maximum atomic E-state index is 13.3. The largest absolute Gasteiger partial charge is 0.481 e. The number of carboxylic acids is 1. The Morgan fingerprint density at radius 1 is 1.57 bits per heavy atom. The minimum absolute atomic E-state index is 0.221. The summed E-state index contributed by atoms with van der Waals surface area (Å²) in [5.41, 5.74) is -0.794. The van der Waals surface area contributed by atoms with Gasteiger partial charge in [-0.25, -0.2) is 4.98 Å². The third-order valence-corrected chi connectivity index (χ3v) is 2.89. The average Bonchev–Trinajstić information content (AvgIpc) is 2.05. The highest BCUT2D eigenvalue weighted by atomic mass is 19.1. The summed E-state index contributed by atoms with van der Waals surface area (Å²) in [6.07, 6.45) is 3.17. The minimum atomic E-state index is -1.02. The Morgan fingerprint density at radius 2 is 2.29 bits per heavy atom. The van der Waals surface area contributed by atoms with Gasteiger partial charge in [-0.15, -0.1) is 0 Å². The molecule has 0 aliphatic heterocycles. The van der Waals surface area contributed by atoms with E-state index in [0.29, 0.717) is 12.8 Å². The number of hydrogen-bond acceptors (Lipinski definition) is 2.